The molecule has 6 heteroatoms. The van der Waals surface area contributed by atoms with Gasteiger partial charge in [0, 0.05) is 5.69 Å². The minimum atomic E-state index is 0.744. The molecule has 5 nitrogen and oxygen atoms in total. The molecule has 0 aliphatic carbocycles. The number of anilines is 2. The summed E-state index contributed by atoms with van der Waals surface area (Å²) in [6.45, 7) is 2.06. The second-order valence-electron chi connectivity index (χ2n) is 4.17. The summed E-state index contributed by atoms with van der Waals surface area (Å²) in [5.74, 6) is 0.770. The fourth-order valence-corrected chi connectivity index (χ4v) is 2.38. The smallest absolute Gasteiger partial charge is 0.161 e. The number of thioether (sulfide) groups is 1. The Balaban J connectivity index is 2.04. The maximum Gasteiger partial charge on any atom is 0.161 e. The number of nitrogens with zero attached hydrogens (tertiary/aromatic N) is 3. The maximum absolute atomic E-state index is 4.31. The van der Waals surface area contributed by atoms with Crippen LogP contribution in [-0.2, 0) is 0 Å². The first-order chi connectivity index (χ1) is 9.28. The highest BCUT2D eigenvalue weighted by Gasteiger charge is 2.11. The second-order valence-corrected chi connectivity index (χ2v) is 4.96. The lowest BCUT2D eigenvalue weighted by Crippen LogP contribution is -1.95. The Morgan fingerprint density at radius 1 is 1.16 bits per heavy atom. The first-order valence-corrected chi connectivity index (χ1v) is 7.07. The van der Waals surface area contributed by atoms with Gasteiger partial charge in [0.05, 0.1) is 5.39 Å². The molecule has 3 aromatic rings. The number of aromatic nitrogens is 4. The third-order valence-corrected chi connectivity index (χ3v) is 3.51. The number of hydrogen-bond donors (Lipinski definition) is 2. The topological polar surface area (TPSA) is 66.5 Å². The van der Waals surface area contributed by atoms with Crippen LogP contribution in [0.15, 0.2) is 35.6 Å². The van der Waals surface area contributed by atoms with Crippen LogP contribution < -0.4 is 5.32 Å². The zero-order valence-electron chi connectivity index (χ0n) is 10.6. The molecule has 0 saturated heterocycles. The predicted molar refractivity (Wildman–Crippen MR) is 77.9 cm³/mol. The summed E-state index contributed by atoms with van der Waals surface area (Å²) in [5.41, 5.74) is 2.97. The molecular formula is C13H13N5S. The van der Waals surface area contributed by atoms with E-state index in [4.69, 9.17) is 0 Å². The van der Waals surface area contributed by atoms with Crippen LogP contribution in [0.5, 0.6) is 0 Å². The third-order valence-electron chi connectivity index (χ3n) is 2.83. The van der Waals surface area contributed by atoms with Gasteiger partial charge >= 0.3 is 0 Å². The number of nitrogens with one attached hydrogen (secondary N) is 2. The van der Waals surface area contributed by atoms with E-state index >= 15 is 0 Å². The van der Waals surface area contributed by atoms with Crippen LogP contribution in [0.2, 0.25) is 0 Å². The quantitative estimate of drug-likeness (QED) is 0.716. The number of H-pyrrole nitrogens is 1. The lowest BCUT2D eigenvalue weighted by molar-refractivity contribution is 1.02. The van der Waals surface area contributed by atoms with Crippen LogP contribution in [0.1, 0.15) is 5.56 Å². The van der Waals surface area contributed by atoms with Gasteiger partial charge in [-0.05, 0) is 25.3 Å². The van der Waals surface area contributed by atoms with E-state index in [1.165, 1.54) is 11.9 Å². The molecule has 0 saturated carbocycles. The van der Waals surface area contributed by atoms with Crippen molar-refractivity contribution in [1.82, 2.24) is 20.2 Å². The van der Waals surface area contributed by atoms with Crippen molar-refractivity contribution in [2.75, 3.05) is 11.6 Å². The van der Waals surface area contributed by atoms with Gasteiger partial charge in [-0.2, -0.15) is 5.10 Å². The second kappa shape index (κ2) is 4.89. The van der Waals surface area contributed by atoms with E-state index < -0.39 is 0 Å². The first-order valence-electron chi connectivity index (χ1n) is 5.84. The molecule has 1 aromatic carbocycles. The lowest BCUT2D eigenvalue weighted by atomic mass is 10.2. The largest absolute Gasteiger partial charge is 0.339 e. The van der Waals surface area contributed by atoms with Gasteiger partial charge in [-0.15, -0.1) is 11.8 Å². The minimum Gasteiger partial charge on any atom is -0.339 e. The van der Waals surface area contributed by atoms with E-state index in [1.807, 2.05) is 18.4 Å². The van der Waals surface area contributed by atoms with E-state index in [9.17, 15) is 0 Å². The molecule has 2 N–H and O–H groups in total. The van der Waals surface area contributed by atoms with Gasteiger partial charge < -0.3 is 5.32 Å². The highest BCUT2D eigenvalue weighted by molar-refractivity contribution is 7.98. The van der Waals surface area contributed by atoms with Crippen molar-refractivity contribution in [3.8, 4) is 0 Å². The van der Waals surface area contributed by atoms with Crippen molar-refractivity contribution in [3.63, 3.8) is 0 Å². The summed E-state index contributed by atoms with van der Waals surface area (Å²) in [7, 11) is 0. The Bertz CT molecular complexity index is 705. The molecule has 0 atom stereocenters. The third kappa shape index (κ3) is 2.26. The number of aromatic amines is 1. The Morgan fingerprint density at radius 2 is 1.95 bits per heavy atom. The van der Waals surface area contributed by atoms with Crippen LogP contribution in [0, 0.1) is 6.92 Å². The van der Waals surface area contributed by atoms with Crippen LogP contribution >= 0.6 is 11.8 Å². The van der Waals surface area contributed by atoms with Crippen LogP contribution in [0.25, 0.3) is 11.0 Å². The molecule has 0 aliphatic heterocycles. The minimum absolute atomic E-state index is 0.744. The molecule has 3 rings (SSSR count). The molecule has 0 aliphatic rings. The molecule has 0 unspecified atom stereocenters. The van der Waals surface area contributed by atoms with Crippen molar-refractivity contribution in [1.29, 1.82) is 0 Å². The van der Waals surface area contributed by atoms with Crippen molar-refractivity contribution < 1.29 is 0 Å². The standard InChI is InChI=1S/C13H13N5S/c1-8-3-5-9(6-4-8)16-11-10-12(15-7-14-11)17-18-13(10)19-2/h3-7H,1-2H3,(H2,14,15,16,17,18). The lowest BCUT2D eigenvalue weighted by Gasteiger charge is -2.07. The number of rotatable bonds is 3. The molecule has 2 aromatic heterocycles. The fraction of sp³-hybridized carbons (Fsp3) is 0.154. The van der Waals surface area contributed by atoms with Gasteiger partial charge in [0.2, 0.25) is 0 Å². The summed E-state index contributed by atoms with van der Waals surface area (Å²) in [6, 6.07) is 8.18. The SMILES string of the molecule is CSc1n[nH]c2ncnc(Nc3ccc(C)cc3)c12. The summed E-state index contributed by atoms with van der Waals surface area (Å²) in [5, 5.41) is 12.3. The van der Waals surface area contributed by atoms with Crippen molar-refractivity contribution in [2.24, 2.45) is 0 Å². The van der Waals surface area contributed by atoms with E-state index in [-0.39, 0.29) is 0 Å². The maximum atomic E-state index is 4.31. The number of hydrogen-bond acceptors (Lipinski definition) is 5. The van der Waals surface area contributed by atoms with Crippen molar-refractivity contribution in [2.45, 2.75) is 11.9 Å². The Kier molecular flexibility index (Phi) is 3.08. The van der Waals surface area contributed by atoms with E-state index in [0.717, 1.165) is 27.6 Å². The molecule has 0 bridgehead atoms. The average molecular weight is 271 g/mol. The van der Waals surface area contributed by atoms with Crippen molar-refractivity contribution in [3.05, 3.63) is 36.2 Å². The molecule has 0 radical (unpaired) electrons. The van der Waals surface area contributed by atoms with Crippen LogP contribution in [0.4, 0.5) is 11.5 Å². The Morgan fingerprint density at radius 3 is 2.68 bits per heavy atom. The molecule has 0 fully saturated rings. The van der Waals surface area contributed by atoms with Gasteiger partial charge in [0.15, 0.2) is 5.65 Å². The van der Waals surface area contributed by atoms with E-state index in [2.05, 4.69) is 44.5 Å². The summed E-state index contributed by atoms with van der Waals surface area (Å²) in [4.78, 5) is 8.49. The van der Waals surface area contributed by atoms with E-state index in [0.29, 0.717) is 0 Å². The Labute approximate surface area is 114 Å². The fourth-order valence-electron chi connectivity index (χ4n) is 1.85. The normalized spacial score (nSPS) is 10.8. The van der Waals surface area contributed by atoms with Gasteiger partial charge in [-0.25, -0.2) is 9.97 Å². The summed E-state index contributed by atoms with van der Waals surface area (Å²) < 4.78 is 0. The van der Waals surface area contributed by atoms with Gasteiger partial charge in [0.25, 0.3) is 0 Å². The predicted octanol–water partition coefficient (Wildman–Crippen LogP) is 3.13. The van der Waals surface area contributed by atoms with Gasteiger partial charge in [-0.1, -0.05) is 17.7 Å². The summed E-state index contributed by atoms with van der Waals surface area (Å²) in [6.07, 6.45) is 3.51. The van der Waals surface area contributed by atoms with Crippen LogP contribution in [0.3, 0.4) is 0 Å². The zero-order valence-corrected chi connectivity index (χ0v) is 11.5. The summed E-state index contributed by atoms with van der Waals surface area (Å²) >= 11 is 1.57. The van der Waals surface area contributed by atoms with E-state index in [1.54, 1.807) is 11.8 Å². The first kappa shape index (κ1) is 12.0. The monoisotopic (exact) mass is 271 g/mol. The number of aryl methyl sites for hydroxylation is 1. The van der Waals surface area contributed by atoms with Gasteiger partial charge in [-0.3, -0.25) is 5.10 Å². The highest BCUT2D eigenvalue weighted by Crippen LogP contribution is 2.29. The average Bonchev–Trinajstić information content (AvgIpc) is 2.85. The molecule has 2 heterocycles. The van der Waals surface area contributed by atoms with Gasteiger partial charge in [0.1, 0.15) is 17.2 Å². The van der Waals surface area contributed by atoms with Crippen LogP contribution in [-0.4, -0.2) is 26.4 Å². The molecule has 19 heavy (non-hydrogen) atoms. The molecule has 0 amide bonds. The molecular weight excluding hydrogens is 258 g/mol. The number of fused-ring (bicyclic) bond motifs is 1. The number of benzene rings is 1. The van der Waals surface area contributed by atoms with Crippen molar-refractivity contribution >= 4 is 34.3 Å². The Hall–Kier alpha value is -2.08. The molecule has 96 valence electrons. The molecule has 0 spiro atoms. The highest BCUT2D eigenvalue weighted by atomic mass is 32.2. The zero-order chi connectivity index (χ0) is 13.2.